The van der Waals surface area contributed by atoms with Crippen LogP contribution in [0.3, 0.4) is 0 Å². The van der Waals surface area contributed by atoms with Crippen LogP contribution in [0, 0.1) is 5.92 Å². The number of carbonyl (C=O) groups excluding carboxylic acids is 2. The predicted octanol–water partition coefficient (Wildman–Crippen LogP) is 1.60. The zero-order chi connectivity index (χ0) is 15.2. The first-order valence-electron chi connectivity index (χ1n) is 7.36. The van der Waals surface area contributed by atoms with Crippen molar-refractivity contribution in [3.05, 3.63) is 29.8 Å². The van der Waals surface area contributed by atoms with E-state index in [1.54, 1.807) is 18.9 Å². The summed E-state index contributed by atoms with van der Waals surface area (Å²) in [5, 5.41) is 6.21. The van der Waals surface area contributed by atoms with Gasteiger partial charge in [0.2, 0.25) is 11.8 Å². The van der Waals surface area contributed by atoms with Crippen LogP contribution in [0.1, 0.15) is 25.3 Å². The Balaban J connectivity index is 1.90. The highest BCUT2D eigenvalue weighted by Gasteiger charge is 2.18. The minimum Gasteiger partial charge on any atom is -0.342 e. The van der Waals surface area contributed by atoms with E-state index in [1.165, 1.54) is 0 Å². The van der Waals surface area contributed by atoms with Crippen LogP contribution in [0.25, 0.3) is 0 Å². The van der Waals surface area contributed by atoms with Gasteiger partial charge in [0.1, 0.15) is 0 Å². The van der Waals surface area contributed by atoms with E-state index in [-0.39, 0.29) is 11.8 Å². The summed E-state index contributed by atoms with van der Waals surface area (Å²) in [5.41, 5.74) is 1.80. The molecule has 1 unspecified atom stereocenters. The summed E-state index contributed by atoms with van der Waals surface area (Å²) in [5.74, 6) is 0.524. The lowest BCUT2D eigenvalue weighted by atomic mass is 10.0. The van der Waals surface area contributed by atoms with E-state index in [0.29, 0.717) is 18.9 Å². The van der Waals surface area contributed by atoms with Gasteiger partial charge in [-0.25, -0.2) is 0 Å². The molecule has 1 saturated heterocycles. The van der Waals surface area contributed by atoms with Crippen molar-refractivity contribution in [1.82, 2.24) is 10.2 Å². The average Bonchev–Trinajstić information content (AvgIpc) is 2.91. The molecule has 0 bridgehead atoms. The molecule has 2 N–H and O–H groups in total. The molecule has 1 heterocycles. The lowest BCUT2D eigenvalue weighted by molar-refractivity contribution is -0.128. The highest BCUT2D eigenvalue weighted by atomic mass is 16.2. The van der Waals surface area contributed by atoms with Crippen LogP contribution in [0.4, 0.5) is 5.69 Å². The van der Waals surface area contributed by atoms with Crippen molar-refractivity contribution in [3.63, 3.8) is 0 Å². The Hall–Kier alpha value is -1.88. The maximum Gasteiger partial charge on any atom is 0.224 e. The molecule has 1 atom stereocenters. The quantitative estimate of drug-likeness (QED) is 0.865. The largest absolute Gasteiger partial charge is 0.342 e. The summed E-state index contributed by atoms with van der Waals surface area (Å²) in [4.78, 5) is 24.9. The summed E-state index contributed by atoms with van der Waals surface area (Å²) in [7, 11) is 1.76. The van der Waals surface area contributed by atoms with Gasteiger partial charge in [-0.3, -0.25) is 9.59 Å². The molecule has 2 rings (SSSR count). The van der Waals surface area contributed by atoms with Crippen LogP contribution >= 0.6 is 0 Å². The van der Waals surface area contributed by atoms with E-state index in [4.69, 9.17) is 0 Å². The molecule has 1 aromatic rings. The van der Waals surface area contributed by atoms with Crippen LogP contribution in [0.2, 0.25) is 0 Å². The van der Waals surface area contributed by atoms with E-state index in [9.17, 15) is 9.59 Å². The van der Waals surface area contributed by atoms with Gasteiger partial charge < -0.3 is 15.5 Å². The summed E-state index contributed by atoms with van der Waals surface area (Å²) in [6.07, 6.45) is 1.63. The third-order valence-electron chi connectivity index (χ3n) is 3.80. The summed E-state index contributed by atoms with van der Waals surface area (Å²) in [6.45, 7) is 4.02. The van der Waals surface area contributed by atoms with Crippen molar-refractivity contribution in [1.29, 1.82) is 0 Å². The minimum absolute atomic E-state index is 0.0261. The van der Waals surface area contributed by atoms with Crippen LogP contribution in [-0.4, -0.2) is 36.9 Å². The highest BCUT2D eigenvalue weighted by molar-refractivity contribution is 5.91. The van der Waals surface area contributed by atoms with Crippen molar-refractivity contribution in [3.8, 4) is 0 Å². The van der Waals surface area contributed by atoms with Gasteiger partial charge in [-0.15, -0.1) is 0 Å². The third kappa shape index (κ3) is 4.86. The molecule has 1 aliphatic rings. The van der Waals surface area contributed by atoms with E-state index < -0.39 is 0 Å². The van der Waals surface area contributed by atoms with Crippen LogP contribution in [0.15, 0.2) is 24.3 Å². The van der Waals surface area contributed by atoms with E-state index in [0.717, 1.165) is 30.8 Å². The average molecular weight is 289 g/mol. The summed E-state index contributed by atoms with van der Waals surface area (Å²) >= 11 is 0. The van der Waals surface area contributed by atoms with Crippen LogP contribution < -0.4 is 10.6 Å². The maximum atomic E-state index is 12.0. The van der Waals surface area contributed by atoms with Gasteiger partial charge in [0.05, 0.1) is 0 Å². The topological polar surface area (TPSA) is 61.4 Å². The molecule has 1 aliphatic heterocycles. The first-order valence-corrected chi connectivity index (χ1v) is 7.36. The molecule has 21 heavy (non-hydrogen) atoms. The van der Waals surface area contributed by atoms with E-state index in [1.807, 2.05) is 24.3 Å². The molecule has 5 nitrogen and oxygen atoms in total. The number of nitrogens with zero attached hydrogens (tertiary/aromatic N) is 1. The number of hydrogen-bond acceptors (Lipinski definition) is 3. The van der Waals surface area contributed by atoms with Gasteiger partial charge in [-0.2, -0.15) is 0 Å². The Morgan fingerprint density at radius 3 is 2.90 bits per heavy atom. The first-order chi connectivity index (χ1) is 10.0. The molecule has 2 amide bonds. The smallest absolute Gasteiger partial charge is 0.224 e. The zero-order valence-corrected chi connectivity index (χ0v) is 12.7. The Morgan fingerprint density at radius 2 is 2.24 bits per heavy atom. The second-order valence-electron chi connectivity index (χ2n) is 5.69. The maximum absolute atomic E-state index is 12.0. The molecule has 114 valence electrons. The van der Waals surface area contributed by atoms with Crippen LogP contribution in [0.5, 0.6) is 0 Å². The fourth-order valence-electron chi connectivity index (χ4n) is 2.50. The highest BCUT2D eigenvalue weighted by Crippen LogP contribution is 2.16. The Kier molecular flexibility index (Phi) is 5.33. The summed E-state index contributed by atoms with van der Waals surface area (Å²) in [6, 6.07) is 7.65. The molecular formula is C16H23N3O2. The zero-order valence-electron chi connectivity index (χ0n) is 12.7. The number of rotatable bonds is 5. The lowest BCUT2D eigenvalue weighted by Crippen LogP contribution is -2.23. The van der Waals surface area contributed by atoms with Gasteiger partial charge in [-0.1, -0.05) is 12.1 Å². The second-order valence-corrected chi connectivity index (χ2v) is 5.69. The normalized spacial score (nSPS) is 17.5. The number of benzene rings is 1. The predicted molar refractivity (Wildman–Crippen MR) is 82.8 cm³/mol. The monoisotopic (exact) mass is 289 g/mol. The summed E-state index contributed by atoms with van der Waals surface area (Å²) < 4.78 is 0. The van der Waals surface area contributed by atoms with Gasteiger partial charge in [0.15, 0.2) is 0 Å². The number of hydrogen-bond donors (Lipinski definition) is 2. The van der Waals surface area contributed by atoms with E-state index in [2.05, 4.69) is 10.6 Å². The number of nitrogens with one attached hydrogen (secondary N) is 2. The molecule has 0 aliphatic carbocycles. The van der Waals surface area contributed by atoms with Crippen molar-refractivity contribution in [2.75, 3.05) is 25.5 Å². The lowest BCUT2D eigenvalue weighted by Gasteiger charge is -2.15. The number of anilines is 1. The Morgan fingerprint density at radius 1 is 1.43 bits per heavy atom. The molecule has 0 spiro atoms. The van der Waals surface area contributed by atoms with Crippen LogP contribution in [-0.2, 0) is 16.1 Å². The van der Waals surface area contributed by atoms with Crippen molar-refractivity contribution in [2.24, 2.45) is 5.92 Å². The van der Waals surface area contributed by atoms with E-state index >= 15 is 0 Å². The SMILES string of the molecule is CC(=O)N(C)Cc1cccc(NC(=O)CC2CCNC2)c1. The molecule has 1 aromatic carbocycles. The second kappa shape index (κ2) is 7.22. The molecule has 0 aromatic heterocycles. The fourth-order valence-corrected chi connectivity index (χ4v) is 2.50. The van der Waals surface area contributed by atoms with Gasteiger partial charge in [0.25, 0.3) is 0 Å². The first kappa shape index (κ1) is 15.5. The molecule has 0 radical (unpaired) electrons. The third-order valence-corrected chi connectivity index (χ3v) is 3.80. The Bertz CT molecular complexity index is 510. The van der Waals surface area contributed by atoms with Gasteiger partial charge >= 0.3 is 0 Å². The molecule has 5 heteroatoms. The molecular weight excluding hydrogens is 266 g/mol. The van der Waals surface area contributed by atoms with Crippen molar-refractivity contribution in [2.45, 2.75) is 26.3 Å². The standard InChI is InChI=1S/C16H23N3O2/c1-12(20)19(2)11-14-4-3-5-15(8-14)18-16(21)9-13-6-7-17-10-13/h3-5,8,13,17H,6-7,9-11H2,1-2H3,(H,18,21). The van der Waals surface area contributed by atoms with Crippen molar-refractivity contribution < 1.29 is 9.59 Å². The molecule has 0 saturated carbocycles. The molecule has 1 fully saturated rings. The minimum atomic E-state index is 0.0261. The van der Waals surface area contributed by atoms with Gasteiger partial charge in [0, 0.05) is 32.6 Å². The number of carbonyl (C=O) groups is 2. The van der Waals surface area contributed by atoms with Gasteiger partial charge in [-0.05, 0) is 43.1 Å². The fraction of sp³-hybridized carbons (Fsp3) is 0.500. The Labute approximate surface area is 125 Å². The number of amides is 2. The van der Waals surface area contributed by atoms with Crippen molar-refractivity contribution >= 4 is 17.5 Å².